The Morgan fingerprint density at radius 3 is 0.909 bits per heavy atom. The zero-order valence-electron chi connectivity index (χ0n) is 16.0. The van der Waals surface area contributed by atoms with Gasteiger partial charge in [0.25, 0.3) is 7.82 Å². The smallest absolute Gasteiger partial charge is 0.400 e. The molecule has 0 bridgehead atoms. The molecule has 0 radical (unpaired) electrons. The van der Waals surface area contributed by atoms with Crippen molar-refractivity contribution >= 4 is 57.2 Å². The van der Waals surface area contributed by atoms with E-state index < -0.39 is 45.4 Å². The fourth-order valence-electron chi connectivity index (χ4n) is 0.538. The van der Waals surface area contributed by atoms with Crippen molar-refractivity contribution in [2.24, 2.45) is 5.50 Å². The third-order valence-corrected chi connectivity index (χ3v) is 2.26. The first kappa shape index (κ1) is 44.1. The van der Waals surface area contributed by atoms with Crippen molar-refractivity contribution in [1.29, 1.82) is 0 Å². The fourth-order valence-corrected chi connectivity index (χ4v) is 1.44. The zero-order valence-corrected chi connectivity index (χ0v) is 22.2. The lowest BCUT2D eigenvalue weighted by atomic mass is 10.4. The molecule has 0 rings (SSSR count). The second kappa shape index (κ2) is 19.3. The van der Waals surface area contributed by atoms with E-state index in [-0.39, 0.29) is 19.5 Å². The highest BCUT2D eigenvalue weighted by Crippen LogP contribution is 2.29. The molecule has 0 saturated heterocycles. The molecule has 208 valence electrons. The maximum absolute atomic E-state index is 10.2. The van der Waals surface area contributed by atoms with E-state index in [0.717, 1.165) is 6.66 Å². The number of phosphoric acid groups is 1. The monoisotopic (exact) mass is 636 g/mol. The van der Waals surface area contributed by atoms with Crippen LogP contribution in [0.5, 0.6) is 0 Å². The first-order chi connectivity index (χ1) is 13.7. The Morgan fingerprint density at radius 2 is 0.818 bits per heavy atom. The van der Waals surface area contributed by atoms with Gasteiger partial charge in [-0.3, -0.25) is 19.2 Å². The van der Waals surface area contributed by atoms with Crippen LogP contribution in [0.15, 0.2) is 0 Å². The Hall–Kier alpha value is 1.12. The Morgan fingerprint density at radius 1 is 0.697 bits per heavy atom. The van der Waals surface area contributed by atoms with Gasteiger partial charge in [0.15, 0.2) is 7.75 Å². The maximum atomic E-state index is 10.2. The third kappa shape index (κ3) is 259. The summed E-state index contributed by atoms with van der Waals surface area (Å²) in [7, 11) is -21.4. The van der Waals surface area contributed by atoms with Gasteiger partial charge >= 0.3 is 23.1 Å². The molecule has 0 aliphatic heterocycles. The van der Waals surface area contributed by atoms with Gasteiger partial charge in [-0.05, 0) is 6.42 Å². The lowest BCUT2D eigenvalue weighted by molar-refractivity contribution is -0.214. The van der Waals surface area contributed by atoms with Gasteiger partial charge in [-0.2, -0.15) is 0 Å². The summed E-state index contributed by atoms with van der Waals surface area (Å²) in [5.74, 6) is 0. The highest BCUT2D eigenvalue weighted by molar-refractivity contribution is 8.05. The zero-order chi connectivity index (χ0) is 28.5. The van der Waals surface area contributed by atoms with Gasteiger partial charge in [0.2, 0.25) is 0 Å². The largest absolute Gasteiger partial charge is 0.780 e. The predicted octanol–water partition coefficient (Wildman–Crippen LogP) is -6.06. The molecule has 0 amide bonds. The molecule has 0 spiro atoms. The average Bonchev–Trinajstić information content (AvgIpc) is 2.26. The Kier molecular flexibility index (Phi) is 25.8. The van der Waals surface area contributed by atoms with Crippen molar-refractivity contribution in [3.63, 3.8) is 0 Å². The van der Waals surface area contributed by atoms with E-state index in [2.05, 4.69) is 17.3 Å². The van der Waals surface area contributed by atoms with Crippen LogP contribution in [0.1, 0.15) is 6.42 Å². The van der Waals surface area contributed by atoms with Crippen molar-refractivity contribution < 1.29 is 91.3 Å². The minimum absolute atomic E-state index is 0.0166. The van der Waals surface area contributed by atoms with Gasteiger partial charge in [0.1, 0.15) is 6.72 Å². The SMILES string of the molecule is CP(=O)(O)O.NP(=O)([O-])O.O=P(O)(O)NCCCNP(=O)(O)O.O=P([O-])(O)O.[O-]P(O)(O)=S. The van der Waals surface area contributed by atoms with Crippen LogP contribution in [-0.2, 0) is 34.6 Å². The average molecular weight is 636 g/mol. The summed E-state index contributed by atoms with van der Waals surface area (Å²) in [4.78, 5) is 112. The minimum Gasteiger partial charge on any atom is -0.780 e. The summed E-state index contributed by atoms with van der Waals surface area (Å²) in [6.07, 6.45) is 0.205. The van der Waals surface area contributed by atoms with Crippen molar-refractivity contribution in [2.45, 2.75) is 6.42 Å². The van der Waals surface area contributed by atoms with Crippen LogP contribution < -0.4 is 30.4 Å². The first-order valence-electron chi connectivity index (χ1n) is 6.70. The van der Waals surface area contributed by atoms with Crippen LogP contribution >= 0.6 is 45.4 Å². The normalized spacial score (nSPS) is 13.8. The Labute approximate surface area is 190 Å². The highest BCUT2D eigenvalue weighted by Gasteiger charge is 2.12. The Bertz CT molecular complexity index is 631. The molecule has 0 aliphatic rings. The van der Waals surface area contributed by atoms with Crippen LogP contribution in [-0.4, -0.2) is 73.6 Å². The molecular formula is C4H24N3O19P6S-3. The molecule has 0 aromatic heterocycles. The number of nitrogens with one attached hydrogen (secondary N) is 2. The second-order valence-corrected chi connectivity index (χ2v) is 13.6. The van der Waals surface area contributed by atoms with Gasteiger partial charge in [-0.25, -0.2) is 19.3 Å². The second-order valence-electron chi connectivity index (χ2n) is 4.64. The topological polar surface area (TPSA) is 427 Å². The molecule has 0 heterocycles. The number of hydrogen-bond acceptors (Lipinski definition) is 9. The van der Waals surface area contributed by atoms with E-state index in [0.29, 0.717) is 0 Å². The molecular weight excluding hydrogens is 612 g/mol. The van der Waals surface area contributed by atoms with Crippen LogP contribution in [0.4, 0.5) is 0 Å². The lowest BCUT2D eigenvalue weighted by Gasteiger charge is -2.07. The van der Waals surface area contributed by atoms with E-state index in [9.17, 15) is 13.7 Å². The standard InChI is InChI=1S/C3H12N2O6P2.CH5O3P.H4NO3P.H3O4P.H3O3PS/c6-12(7,8)4-2-1-3-5-13(9,10)11;3*1-5(2,3)4;1-4(2,3)5/h1-3H2,(H3,4,6,7,8)(H3,5,9,10,11);1H3,(H2,2,3,4);(H4,1,2,3,4);(H3,1,2,3,4);(H3,1,2,3,5)/p-3. The minimum atomic E-state index is -4.89. The summed E-state index contributed by atoms with van der Waals surface area (Å²) in [6, 6.07) is 0. The van der Waals surface area contributed by atoms with Gasteiger partial charge in [0.05, 0.1) is 0 Å². The third-order valence-electron chi connectivity index (χ3n) is 0.989. The molecule has 29 heteroatoms. The summed E-state index contributed by atoms with van der Waals surface area (Å²) in [5.41, 5.74) is 3.91. The fraction of sp³-hybridized carbons (Fsp3) is 1.00. The van der Waals surface area contributed by atoms with Crippen molar-refractivity contribution in [1.82, 2.24) is 10.2 Å². The van der Waals surface area contributed by atoms with Crippen LogP contribution in [0.2, 0.25) is 0 Å². The molecule has 15 N–H and O–H groups in total. The van der Waals surface area contributed by atoms with Crippen molar-refractivity contribution in [3.8, 4) is 0 Å². The van der Waals surface area contributed by atoms with E-state index >= 15 is 0 Å². The summed E-state index contributed by atoms with van der Waals surface area (Å²) in [5, 5.41) is 3.76. The highest BCUT2D eigenvalue weighted by atomic mass is 32.5. The molecule has 1 atom stereocenters. The van der Waals surface area contributed by atoms with E-state index in [1.807, 2.05) is 10.2 Å². The summed E-state index contributed by atoms with van der Waals surface area (Å²) >= 11 is 3.49. The molecule has 0 aromatic carbocycles. The van der Waals surface area contributed by atoms with E-state index in [1.54, 1.807) is 0 Å². The van der Waals surface area contributed by atoms with Crippen LogP contribution in [0.3, 0.4) is 0 Å². The molecule has 0 fully saturated rings. The molecule has 1 unspecified atom stereocenters. The summed E-state index contributed by atoms with van der Waals surface area (Å²) < 4.78 is 47.5. The Balaban J connectivity index is -0.000000109. The first-order valence-corrected chi connectivity index (χ1v) is 17.8. The number of rotatable bonds is 6. The van der Waals surface area contributed by atoms with E-state index in [1.165, 1.54) is 0 Å². The molecule has 0 aromatic rings. The van der Waals surface area contributed by atoms with E-state index in [4.69, 9.17) is 77.6 Å². The predicted molar refractivity (Wildman–Crippen MR) is 107 cm³/mol. The van der Waals surface area contributed by atoms with Crippen molar-refractivity contribution in [2.75, 3.05) is 19.8 Å². The quantitative estimate of drug-likeness (QED) is 0.0952. The number of hydrogen-bond donors (Lipinski definition) is 14. The van der Waals surface area contributed by atoms with Gasteiger partial charge < -0.3 is 68.5 Å². The molecule has 0 aliphatic carbocycles. The van der Waals surface area contributed by atoms with Gasteiger partial charge in [-0.1, -0.05) is 11.8 Å². The maximum Gasteiger partial charge on any atom is 0.400 e. The molecule has 33 heavy (non-hydrogen) atoms. The van der Waals surface area contributed by atoms with Crippen LogP contribution in [0.25, 0.3) is 0 Å². The van der Waals surface area contributed by atoms with Crippen LogP contribution in [0, 0.1) is 0 Å². The van der Waals surface area contributed by atoms with Crippen molar-refractivity contribution in [3.05, 3.63) is 0 Å². The molecule has 0 saturated carbocycles. The molecule has 22 nitrogen and oxygen atoms in total. The van der Waals surface area contributed by atoms with Gasteiger partial charge in [-0.15, -0.1) is 0 Å². The van der Waals surface area contributed by atoms with Gasteiger partial charge in [0, 0.05) is 19.8 Å². The number of nitrogens with two attached hydrogens (primary N) is 1. The lowest BCUT2D eigenvalue weighted by Crippen LogP contribution is -2.18. The summed E-state index contributed by atoms with van der Waals surface area (Å²) in [6.45, 7) is -3.23.